The molecule has 0 unspecified atom stereocenters. The van der Waals surface area contributed by atoms with Crippen LogP contribution in [0, 0.1) is 0 Å². The number of amides is 1. The smallest absolute Gasteiger partial charge is 0.257 e. The minimum atomic E-state index is -0.465. The van der Waals surface area contributed by atoms with E-state index in [2.05, 4.69) is 15.9 Å². The molecule has 1 rings (SSSR count). The molecule has 0 bridgehead atoms. The van der Waals surface area contributed by atoms with Gasteiger partial charge in [0.2, 0.25) is 0 Å². The lowest BCUT2D eigenvalue weighted by atomic mass is 10.0. The van der Waals surface area contributed by atoms with Crippen molar-refractivity contribution in [1.29, 1.82) is 0 Å². The number of hydrogen-bond acceptors (Lipinski definition) is 2. The average molecular weight is 321 g/mol. The van der Waals surface area contributed by atoms with Gasteiger partial charge in [0, 0.05) is 17.4 Å². The third kappa shape index (κ3) is 3.13. The summed E-state index contributed by atoms with van der Waals surface area (Å²) in [5, 5.41) is 9.69. The van der Waals surface area contributed by atoms with E-state index in [1.165, 1.54) is 11.0 Å². The maximum Gasteiger partial charge on any atom is 0.257 e. The maximum absolute atomic E-state index is 12.2. The van der Waals surface area contributed by atoms with E-state index in [1.54, 1.807) is 19.2 Å². The molecule has 0 saturated heterocycles. The van der Waals surface area contributed by atoms with Crippen LogP contribution in [0.1, 0.15) is 24.2 Å². The summed E-state index contributed by atoms with van der Waals surface area (Å²) in [6, 6.07) is 4.76. The summed E-state index contributed by atoms with van der Waals surface area (Å²) in [4.78, 5) is 13.7. The number of carbonyl (C=O) groups is 1. The minimum absolute atomic E-state index is 0.0320. The van der Waals surface area contributed by atoms with Gasteiger partial charge in [-0.1, -0.05) is 15.9 Å². The maximum atomic E-state index is 12.2. The predicted molar refractivity (Wildman–Crippen MR) is 72.7 cm³/mol. The molecule has 1 aromatic rings. The number of carbonyl (C=O) groups excluding carboxylic acids is 1. The van der Waals surface area contributed by atoms with Gasteiger partial charge in [-0.15, -0.1) is 11.6 Å². The molecule has 17 heavy (non-hydrogen) atoms. The van der Waals surface area contributed by atoms with Crippen molar-refractivity contribution < 1.29 is 9.90 Å². The van der Waals surface area contributed by atoms with E-state index in [4.69, 9.17) is 11.6 Å². The minimum Gasteiger partial charge on any atom is -0.507 e. The molecule has 0 aromatic heterocycles. The quantitative estimate of drug-likeness (QED) is 0.869. The van der Waals surface area contributed by atoms with E-state index >= 15 is 0 Å². The van der Waals surface area contributed by atoms with Crippen molar-refractivity contribution in [2.75, 3.05) is 12.9 Å². The SMILES string of the molecule is CN(C(=O)c1cc(Br)ccc1O)C(C)(C)CCl. The summed E-state index contributed by atoms with van der Waals surface area (Å²) in [5.74, 6) is 0.0363. The first-order valence-electron chi connectivity index (χ1n) is 5.12. The van der Waals surface area contributed by atoms with E-state index in [0.29, 0.717) is 5.88 Å². The van der Waals surface area contributed by atoms with Crippen molar-refractivity contribution in [2.45, 2.75) is 19.4 Å². The Labute approximate surface area is 115 Å². The number of phenols is 1. The van der Waals surface area contributed by atoms with Crippen LogP contribution in [0.3, 0.4) is 0 Å². The zero-order valence-electron chi connectivity index (χ0n) is 10.00. The molecular formula is C12H15BrClNO2. The van der Waals surface area contributed by atoms with E-state index in [0.717, 1.165) is 4.47 Å². The van der Waals surface area contributed by atoms with Crippen molar-refractivity contribution in [1.82, 2.24) is 4.90 Å². The first-order chi connectivity index (χ1) is 7.79. The Balaban J connectivity index is 3.08. The number of benzene rings is 1. The topological polar surface area (TPSA) is 40.5 Å². The van der Waals surface area contributed by atoms with Crippen molar-refractivity contribution in [2.24, 2.45) is 0 Å². The van der Waals surface area contributed by atoms with Gasteiger partial charge < -0.3 is 10.0 Å². The van der Waals surface area contributed by atoms with Gasteiger partial charge in [0.05, 0.1) is 11.1 Å². The molecule has 0 saturated carbocycles. The van der Waals surface area contributed by atoms with Crippen LogP contribution in [0.4, 0.5) is 0 Å². The summed E-state index contributed by atoms with van der Waals surface area (Å²) < 4.78 is 0.746. The fraction of sp³-hybridized carbons (Fsp3) is 0.417. The van der Waals surface area contributed by atoms with E-state index in [9.17, 15) is 9.90 Å². The highest BCUT2D eigenvalue weighted by molar-refractivity contribution is 9.10. The Hall–Kier alpha value is -0.740. The zero-order chi connectivity index (χ0) is 13.2. The number of aromatic hydroxyl groups is 1. The normalized spacial score (nSPS) is 11.4. The highest BCUT2D eigenvalue weighted by atomic mass is 79.9. The molecule has 0 heterocycles. The van der Waals surface area contributed by atoms with Crippen molar-refractivity contribution >= 4 is 33.4 Å². The second-order valence-corrected chi connectivity index (χ2v) is 5.65. The van der Waals surface area contributed by atoms with Crippen molar-refractivity contribution in [3.8, 4) is 5.75 Å². The second kappa shape index (κ2) is 5.27. The van der Waals surface area contributed by atoms with Crippen LogP contribution in [0.5, 0.6) is 5.75 Å². The van der Waals surface area contributed by atoms with Crippen LogP contribution >= 0.6 is 27.5 Å². The molecule has 0 radical (unpaired) electrons. The largest absolute Gasteiger partial charge is 0.507 e. The lowest BCUT2D eigenvalue weighted by Crippen LogP contribution is -2.46. The number of phenolic OH excluding ortho intramolecular Hbond substituents is 1. The molecule has 0 aliphatic rings. The zero-order valence-corrected chi connectivity index (χ0v) is 12.3. The number of alkyl halides is 1. The molecule has 5 heteroatoms. The Morgan fingerprint density at radius 3 is 2.65 bits per heavy atom. The van der Waals surface area contributed by atoms with Gasteiger partial charge in [-0.3, -0.25) is 4.79 Å². The first-order valence-corrected chi connectivity index (χ1v) is 6.45. The third-order valence-electron chi connectivity index (χ3n) is 2.73. The highest BCUT2D eigenvalue weighted by Crippen LogP contribution is 2.25. The van der Waals surface area contributed by atoms with Gasteiger partial charge in [0.15, 0.2) is 0 Å². The van der Waals surface area contributed by atoms with Crippen molar-refractivity contribution in [3.05, 3.63) is 28.2 Å². The van der Waals surface area contributed by atoms with Gasteiger partial charge in [0.1, 0.15) is 5.75 Å². The average Bonchev–Trinajstić information content (AvgIpc) is 2.30. The van der Waals surface area contributed by atoms with Gasteiger partial charge in [-0.2, -0.15) is 0 Å². The molecule has 0 aliphatic heterocycles. The van der Waals surface area contributed by atoms with E-state index in [1.807, 2.05) is 13.8 Å². The molecule has 0 aliphatic carbocycles. The summed E-state index contributed by atoms with van der Waals surface area (Å²) in [7, 11) is 1.67. The Morgan fingerprint density at radius 2 is 2.12 bits per heavy atom. The van der Waals surface area contributed by atoms with Crippen LogP contribution in [0.2, 0.25) is 0 Å². The molecule has 0 atom stereocenters. The Kier molecular flexibility index (Phi) is 4.44. The molecule has 1 aromatic carbocycles. The lowest BCUT2D eigenvalue weighted by molar-refractivity contribution is 0.0657. The Morgan fingerprint density at radius 1 is 1.53 bits per heavy atom. The van der Waals surface area contributed by atoms with Crippen LogP contribution in [-0.2, 0) is 0 Å². The number of halogens is 2. The van der Waals surface area contributed by atoms with Gasteiger partial charge in [0.25, 0.3) is 5.91 Å². The van der Waals surface area contributed by atoms with Gasteiger partial charge >= 0.3 is 0 Å². The summed E-state index contributed by atoms with van der Waals surface area (Å²) in [5.41, 5.74) is -0.201. The molecule has 94 valence electrons. The van der Waals surface area contributed by atoms with Crippen LogP contribution in [0.15, 0.2) is 22.7 Å². The summed E-state index contributed by atoms with van der Waals surface area (Å²) in [6.45, 7) is 3.74. The molecule has 1 N–H and O–H groups in total. The van der Waals surface area contributed by atoms with Gasteiger partial charge in [-0.05, 0) is 32.0 Å². The van der Waals surface area contributed by atoms with Crippen LogP contribution in [0.25, 0.3) is 0 Å². The summed E-state index contributed by atoms with van der Waals surface area (Å²) >= 11 is 9.10. The van der Waals surface area contributed by atoms with Crippen LogP contribution in [-0.4, -0.2) is 34.4 Å². The van der Waals surface area contributed by atoms with E-state index in [-0.39, 0.29) is 17.2 Å². The monoisotopic (exact) mass is 319 g/mol. The number of hydrogen-bond donors (Lipinski definition) is 1. The molecule has 0 spiro atoms. The van der Waals surface area contributed by atoms with E-state index < -0.39 is 5.54 Å². The molecule has 3 nitrogen and oxygen atoms in total. The molecule has 0 fully saturated rings. The summed E-state index contributed by atoms with van der Waals surface area (Å²) in [6.07, 6.45) is 0. The number of nitrogens with zero attached hydrogens (tertiary/aromatic N) is 1. The van der Waals surface area contributed by atoms with Crippen LogP contribution < -0.4 is 0 Å². The first kappa shape index (κ1) is 14.3. The highest BCUT2D eigenvalue weighted by Gasteiger charge is 2.28. The van der Waals surface area contributed by atoms with Gasteiger partial charge in [-0.25, -0.2) is 0 Å². The predicted octanol–water partition coefficient (Wildman–Crippen LogP) is 3.24. The second-order valence-electron chi connectivity index (χ2n) is 4.47. The standard InChI is InChI=1S/C12H15BrClNO2/c1-12(2,7-14)15(3)11(17)9-6-8(13)4-5-10(9)16/h4-6,16H,7H2,1-3H3. The Bertz CT molecular complexity index is 435. The van der Waals surface area contributed by atoms with Crippen molar-refractivity contribution in [3.63, 3.8) is 0 Å². The molecular weight excluding hydrogens is 305 g/mol. The fourth-order valence-electron chi connectivity index (χ4n) is 1.22. The molecule has 1 amide bonds. The number of rotatable bonds is 3. The fourth-order valence-corrected chi connectivity index (χ4v) is 1.77. The lowest BCUT2D eigenvalue weighted by Gasteiger charge is -2.34. The third-order valence-corrected chi connectivity index (χ3v) is 3.88.